The van der Waals surface area contributed by atoms with Crippen molar-refractivity contribution in [1.29, 1.82) is 0 Å². The Kier molecular flexibility index (Phi) is 10.5. The van der Waals surface area contributed by atoms with E-state index in [9.17, 15) is 23.7 Å². The van der Waals surface area contributed by atoms with Crippen molar-refractivity contribution in [1.82, 2.24) is 5.32 Å². The van der Waals surface area contributed by atoms with Crippen LogP contribution in [0.15, 0.2) is 17.1 Å². The van der Waals surface area contributed by atoms with Crippen LogP contribution < -0.4 is 5.32 Å². The summed E-state index contributed by atoms with van der Waals surface area (Å²) in [6, 6.07) is -2.44. The van der Waals surface area contributed by atoms with Gasteiger partial charge in [-0.2, -0.15) is 0 Å². The van der Waals surface area contributed by atoms with Crippen LogP contribution in [0.5, 0.6) is 0 Å². The smallest absolute Gasteiger partial charge is 0.367 e. The number of nitrogens with one attached hydrogen (secondary N) is 1. The quantitative estimate of drug-likeness (QED) is 0.108. The molecule has 0 aromatic carbocycles. The Morgan fingerprint density at radius 2 is 1.84 bits per heavy atom. The summed E-state index contributed by atoms with van der Waals surface area (Å²) in [5, 5.41) is 5.97. The first-order valence-corrected chi connectivity index (χ1v) is 10.3. The number of hydrogen-bond donors (Lipinski definition) is 2. The Labute approximate surface area is 182 Å². The minimum absolute atomic E-state index is 0.563. The highest BCUT2D eigenvalue weighted by atomic mass is 31.1. The van der Waals surface area contributed by atoms with Gasteiger partial charge >= 0.3 is 26.2 Å². The van der Waals surface area contributed by atoms with Gasteiger partial charge < -0.3 is 33.7 Å². The third-order valence-electron chi connectivity index (χ3n) is 3.78. The molecular formula is C16H23N4O11P. The molecule has 16 heteroatoms. The number of rotatable bonds is 10. The summed E-state index contributed by atoms with van der Waals surface area (Å²) in [5.74, 6) is -3.59. The van der Waals surface area contributed by atoms with Crippen LogP contribution in [0.2, 0.25) is 0 Å². The van der Waals surface area contributed by atoms with Gasteiger partial charge in [-0.15, -0.1) is 0 Å². The lowest BCUT2D eigenvalue weighted by molar-refractivity contribution is -0.189. The topological polar surface area (TPSA) is 213 Å². The van der Waals surface area contributed by atoms with Crippen LogP contribution in [-0.2, 0) is 47.2 Å². The first kappa shape index (κ1) is 26.8. The SMILES string of the molecule is CC(=O)NC1C(N=[N+]=[N-])C=C(O[PH](=O)O)OC1C(OC(C)=O)C(COC(C)=O)OC(C)=O. The Morgan fingerprint density at radius 3 is 2.31 bits per heavy atom. The van der Waals surface area contributed by atoms with E-state index in [1.807, 2.05) is 0 Å². The van der Waals surface area contributed by atoms with Crippen molar-refractivity contribution in [2.24, 2.45) is 5.11 Å². The molecule has 0 aromatic heterocycles. The fourth-order valence-electron chi connectivity index (χ4n) is 2.82. The molecule has 2 N–H and O–H groups in total. The number of amides is 1. The van der Waals surface area contributed by atoms with Gasteiger partial charge in [0.15, 0.2) is 18.3 Å². The van der Waals surface area contributed by atoms with E-state index in [-0.39, 0.29) is 0 Å². The molecule has 1 rings (SSSR count). The Balaban J connectivity index is 3.54. The van der Waals surface area contributed by atoms with Gasteiger partial charge in [0.2, 0.25) is 5.91 Å². The maximum atomic E-state index is 11.8. The normalized spacial score (nSPS) is 22.4. The highest BCUT2D eigenvalue weighted by Gasteiger charge is 2.47. The summed E-state index contributed by atoms with van der Waals surface area (Å²) in [6.45, 7) is 3.75. The van der Waals surface area contributed by atoms with Gasteiger partial charge in [0.1, 0.15) is 6.61 Å². The van der Waals surface area contributed by atoms with Crippen molar-refractivity contribution in [3.05, 3.63) is 22.5 Å². The molecule has 0 aliphatic carbocycles. The van der Waals surface area contributed by atoms with Gasteiger partial charge in [-0.1, -0.05) is 5.11 Å². The van der Waals surface area contributed by atoms with Crippen LogP contribution >= 0.6 is 8.25 Å². The second kappa shape index (κ2) is 12.5. The molecule has 0 radical (unpaired) electrons. The second-order valence-electron chi connectivity index (χ2n) is 6.38. The molecule has 6 unspecified atom stereocenters. The molecule has 6 atom stereocenters. The average molecular weight is 478 g/mol. The largest absolute Gasteiger partial charge is 0.462 e. The van der Waals surface area contributed by atoms with Crippen LogP contribution in [0.3, 0.4) is 0 Å². The summed E-state index contributed by atoms with van der Waals surface area (Å²) in [6.07, 6.45) is -3.41. The first-order valence-electron chi connectivity index (χ1n) is 9.03. The van der Waals surface area contributed by atoms with E-state index in [1.54, 1.807) is 0 Å². The van der Waals surface area contributed by atoms with Gasteiger partial charge in [0.05, 0.1) is 12.1 Å². The predicted molar refractivity (Wildman–Crippen MR) is 104 cm³/mol. The van der Waals surface area contributed by atoms with Crippen molar-refractivity contribution in [2.75, 3.05) is 6.61 Å². The molecule has 15 nitrogen and oxygen atoms in total. The number of carbonyl (C=O) groups is 4. The first-order chi connectivity index (χ1) is 14.9. The zero-order valence-electron chi connectivity index (χ0n) is 17.5. The molecule has 1 aliphatic heterocycles. The average Bonchev–Trinajstić information content (AvgIpc) is 2.64. The van der Waals surface area contributed by atoms with Crippen molar-refractivity contribution < 1.29 is 52.1 Å². The Bertz CT molecular complexity index is 842. The maximum absolute atomic E-state index is 11.8. The molecule has 0 spiro atoms. The van der Waals surface area contributed by atoms with E-state index in [2.05, 4.69) is 19.9 Å². The van der Waals surface area contributed by atoms with Crippen LogP contribution in [0.25, 0.3) is 10.4 Å². The monoisotopic (exact) mass is 478 g/mol. The van der Waals surface area contributed by atoms with E-state index in [0.717, 1.165) is 33.8 Å². The van der Waals surface area contributed by atoms with Crippen LogP contribution in [-0.4, -0.2) is 65.7 Å². The number of esters is 3. The summed E-state index contributed by atoms with van der Waals surface area (Å²) in [7, 11) is -3.57. The van der Waals surface area contributed by atoms with E-state index in [0.29, 0.717) is 0 Å². The molecule has 1 heterocycles. The molecule has 32 heavy (non-hydrogen) atoms. The Morgan fingerprint density at radius 1 is 1.22 bits per heavy atom. The van der Waals surface area contributed by atoms with Crippen molar-refractivity contribution in [3.63, 3.8) is 0 Å². The molecule has 0 fully saturated rings. The summed E-state index contributed by atoms with van der Waals surface area (Å²) < 4.78 is 36.6. The fraction of sp³-hybridized carbons (Fsp3) is 0.625. The molecular weight excluding hydrogens is 455 g/mol. The number of carbonyl (C=O) groups excluding carboxylic acids is 4. The van der Waals surface area contributed by atoms with Crippen molar-refractivity contribution in [2.45, 2.75) is 58.1 Å². The minimum Gasteiger partial charge on any atom is -0.462 e. The molecule has 1 amide bonds. The van der Waals surface area contributed by atoms with E-state index < -0.39 is 75.0 Å². The van der Waals surface area contributed by atoms with Gasteiger partial charge in [0, 0.05) is 38.7 Å². The van der Waals surface area contributed by atoms with Crippen LogP contribution in [0.4, 0.5) is 0 Å². The molecule has 0 bridgehead atoms. The highest BCUT2D eigenvalue weighted by molar-refractivity contribution is 7.32. The highest BCUT2D eigenvalue weighted by Crippen LogP contribution is 2.32. The minimum atomic E-state index is -3.57. The van der Waals surface area contributed by atoms with Crippen molar-refractivity contribution >= 4 is 32.1 Å². The number of azide groups is 1. The third kappa shape index (κ3) is 8.84. The third-order valence-corrected chi connectivity index (χ3v) is 4.16. The molecule has 178 valence electrons. The number of ether oxygens (including phenoxy) is 4. The number of nitrogens with zero attached hydrogens (tertiary/aromatic N) is 3. The summed E-state index contributed by atoms with van der Waals surface area (Å²) >= 11 is 0. The fourth-order valence-corrected chi connectivity index (χ4v) is 3.11. The van der Waals surface area contributed by atoms with Gasteiger partial charge in [-0.25, -0.2) is 4.57 Å². The molecule has 0 aromatic rings. The standard InChI is InChI=1S/C16H23N4O11P/c1-7(21)18-14-11(19-20-17)5-13(31-32(25)26)30-16(14)15(29-10(4)24)12(28-9(3)23)6-27-8(2)22/h5,11-12,14-16,32H,6H2,1-4H3,(H,18,21)(H,25,26). The van der Waals surface area contributed by atoms with Crippen molar-refractivity contribution in [3.8, 4) is 0 Å². The van der Waals surface area contributed by atoms with E-state index in [4.69, 9.17) is 29.4 Å². The zero-order valence-corrected chi connectivity index (χ0v) is 18.5. The van der Waals surface area contributed by atoms with E-state index in [1.165, 1.54) is 0 Å². The summed E-state index contributed by atoms with van der Waals surface area (Å²) in [4.78, 5) is 58.2. The summed E-state index contributed by atoms with van der Waals surface area (Å²) in [5.41, 5.74) is 8.90. The molecule has 1 aliphatic rings. The van der Waals surface area contributed by atoms with Gasteiger partial charge in [0.25, 0.3) is 5.95 Å². The molecule has 0 saturated carbocycles. The Hall–Kier alpha value is -3.28. The second-order valence-corrected chi connectivity index (χ2v) is 7.12. The lowest BCUT2D eigenvalue weighted by Gasteiger charge is -2.40. The predicted octanol–water partition coefficient (Wildman–Crippen LogP) is 0.235. The maximum Gasteiger partial charge on any atom is 0.367 e. The van der Waals surface area contributed by atoms with E-state index >= 15 is 0 Å². The molecule has 0 saturated heterocycles. The number of hydrogen-bond acceptors (Lipinski definition) is 11. The van der Waals surface area contributed by atoms with Crippen LogP contribution in [0.1, 0.15) is 27.7 Å². The van der Waals surface area contributed by atoms with Gasteiger partial charge in [-0.05, 0) is 5.53 Å². The lowest BCUT2D eigenvalue weighted by atomic mass is 9.93. The van der Waals surface area contributed by atoms with Gasteiger partial charge in [-0.3, -0.25) is 19.2 Å². The lowest BCUT2D eigenvalue weighted by Crippen LogP contribution is -2.60. The zero-order chi connectivity index (χ0) is 24.4. The van der Waals surface area contributed by atoms with Crippen LogP contribution in [0, 0.1) is 0 Å².